The van der Waals surface area contributed by atoms with Crippen molar-refractivity contribution >= 4 is 34.0 Å². The summed E-state index contributed by atoms with van der Waals surface area (Å²) >= 11 is 1.21. The molecule has 2 amide bonds. The summed E-state index contributed by atoms with van der Waals surface area (Å²) in [4.78, 5) is 29.0. The van der Waals surface area contributed by atoms with E-state index in [1.807, 2.05) is 0 Å². The molecule has 0 saturated heterocycles. The van der Waals surface area contributed by atoms with Crippen LogP contribution in [0.2, 0.25) is 0 Å². The third-order valence-corrected chi connectivity index (χ3v) is 4.70. The Labute approximate surface area is 143 Å². The Balaban J connectivity index is 1.71. The zero-order valence-corrected chi connectivity index (χ0v) is 14.2. The number of aromatic nitrogens is 1. The summed E-state index contributed by atoms with van der Waals surface area (Å²) in [6.45, 7) is 0. The molecular formula is C16H17N3O4S. The van der Waals surface area contributed by atoms with Crippen molar-refractivity contribution in [1.82, 2.24) is 4.98 Å². The van der Waals surface area contributed by atoms with E-state index in [1.54, 1.807) is 25.3 Å². The molecule has 0 fully saturated rings. The standard InChI is InChI=1S/C16H17N3O4S/c1-22-9-6-7-10(13(8-9)23-2)17-15(21)19-16-18-11-4-3-5-12(20)14(11)24-16/h6-8H,3-5H2,1-2H3,(H2,17,18,19,21). The lowest BCUT2D eigenvalue weighted by Crippen LogP contribution is -2.19. The first-order valence-electron chi connectivity index (χ1n) is 7.43. The molecule has 0 radical (unpaired) electrons. The first-order valence-corrected chi connectivity index (χ1v) is 8.25. The summed E-state index contributed by atoms with van der Waals surface area (Å²) in [5, 5.41) is 5.79. The minimum Gasteiger partial charge on any atom is -0.497 e. The molecule has 24 heavy (non-hydrogen) atoms. The van der Waals surface area contributed by atoms with Crippen molar-refractivity contribution in [1.29, 1.82) is 0 Å². The fourth-order valence-electron chi connectivity index (χ4n) is 2.47. The van der Waals surface area contributed by atoms with Crippen LogP contribution in [0, 0.1) is 0 Å². The number of nitrogens with one attached hydrogen (secondary N) is 2. The number of methoxy groups -OCH3 is 2. The molecule has 2 N–H and O–H groups in total. The van der Waals surface area contributed by atoms with E-state index in [0.717, 1.165) is 18.5 Å². The van der Waals surface area contributed by atoms with Gasteiger partial charge in [-0.3, -0.25) is 10.1 Å². The molecular weight excluding hydrogens is 330 g/mol. The van der Waals surface area contributed by atoms with Crippen molar-refractivity contribution in [3.63, 3.8) is 0 Å². The Morgan fingerprint density at radius 2 is 2.04 bits per heavy atom. The summed E-state index contributed by atoms with van der Waals surface area (Å²) in [5.41, 5.74) is 1.28. The van der Waals surface area contributed by atoms with Crippen molar-refractivity contribution < 1.29 is 19.1 Å². The highest BCUT2D eigenvalue weighted by atomic mass is 32.1. The number of anilines is 2. The number of ketones is 1. The number of amides is 2. The van der Waals surface area contributed by atoms with E-state index in [-0.39, 0.29) is 5.78 Å². The van der Waals surface area contributed by atoms with Gasteiger partial charge >= 0.3 is 6.03 Å². The second kappa shape index (κ2) is 6.88. The van der Waals surface area contributed by atoms with Gasteiger partial charge in [0.05, 0.1) is 30.5 Å². The van der Waals surface area contributed by atoms with E-state index in [9.17, 15) is 9.59 Å². The normalized spacial score (nSPS) is 13.2. The van der Waals surface area contributed by atoms with Gasteiger partial charge in [0.25, 0.3) is 0 Å². The van der Waals surface area contributed by atoms with Crippen LogP contribution in [0.3, 0.4) is 0 Å². The molecule has 1 aliphatic carbocycles. The zero-order valence-electron chi connectivity index (χ0n) is 13.3. The third-order valence-electron chi connectivity index (χ3n) is 3.65. The van der Waals surface area contributed by atoms with Gasteiger partial charge in [-0.2, -0.15) is 0 Å². The number of carbonyl (C=O) groups is 2. The van der Waals surface area contributed by atoms with Crippen molar-refractivity contribution in [3.8, 4) is 11.5 Å². The lowest BCUT2D eigenvalue weighted by Gasteiger charge is -2.11. The van der Waals surface area contributed by atoms with Crippen molar-refractivity contribution in [2.45, 2.75) is 19.3 Å². The maximum atomic E-state index is 12.2. The van der Waals surface area contributed by atoms with Crippen molar-refractivity contribution in [3.05, 3.63) is 28.8 Å². The fourth-order valence-corrected chi connectivity index (χ4v) is 3.45. The van der Waals surface area contributed by atoms with Crippen LogP contribution in [0.1, 0.15) is 28.2 Å². The number of fused-ring (bicyclic) bond motifs is 1. The number of carbonyl (C=O) groups excluding carboxylic acids is 2. The van der Waals surface area contributed by atoms with Gasteiger partial charge in [-0.25, -0.2) is 9.78 Å². The number of ether oxygens (including phenoxy) is 2. The lowest BCUT2D eigenvalue weighted by molar-refractivity contribution is 0.0976. The van der Waals surface area contributed by atoms with Gasteiger partial charge in [-0.05, 0) is 25.0 Å². The Morgan fingerprint density at radius 1 is 1.21 bits per heavy atom. The molecule has 1 aromatic carbocycles. The molecule has 0 bridgehead atoms. The smallest absolute Gasteiger partial charge is 0.325 e. The number of aryl methyl sites for hydroxylation is 1. The highest BCUT2D eigenvalue weighted by molar-refractivity contribution is 7.17. The molecule has 0 aliphatic heterocycles. The number of urea groups is 1. The minimum atomic E-state index is -0.447. The topological polar surface area (TPSA) is 89.5 Å². The molecule has 0 atom stereocenters. The molecule has 0 saturated carbocycles. The summed E-state index contributed by atoms with van der Waals surface area (Å²) in [6.07, 6.45) is 2.13. The largest absolute Gasteiger partial charge is 0.497 e. The molecule has 126 valence electrons. The summed E-state index contributed by atoms with van der Waals surface area (Å²) < 4.78 is 10.4. The van der Waals surface area contributed by atoms with Gasteiger partial charge in [-0.15, -0.1) is 0 Å². The van der Waals surface area contributed by atoms with Crippen LogP contribution in [0.25, 0.3) is 0 Å². The quantitative estimate of drug-likeness (QED) is 0.885. The fraction of sp³-hybridized carbons (Fsp3) is 0.312. The second-order valence-electron chi connectivity index (χ2n) is 5.22. The maximum Gasteiger partial charge on any atom is 0.325 e. The molecule has 0 spiro atoms. The average Bonchev–Trinajstić information content (AvgIpc) is 2.99. The van der Waals surface area contributed by atoms with Gasteiger partial charge in [0.1, 0.15) is 11.5 Å². The summed E-state index contributed by atoms with van der Waals surface area (Å²) in [6, 6.07) is 4.64. The lowest BCUT2D eigenvalue weighted by atomic mass is 10.0. The SMILES string of the molecule is COc1ccc(NC(=O)Nc2nc3c(s2)C(=O)CCC3)c(OC)c1. The highest BCUT2D eigenvalue weighted by Crippen LogP contribution is 2.31. The first-order chi connectivity index (χ1) is 11.6. The number of Topliss-reactive ketones (excluding diaryl/α,β-unsaturated/α-hetero) is 1. The average molecular weight is 347 g/mol. The molecule has 1 aromatic heterocycles. The third kappa shape index (κ3) is 3.33. The number of hydrogen-bond acceptors (Lipinski definition) is 6. The molecule has 0 unspecified atom stereocenters. The number of thiazole rings is 1. The zero-order chi connectivity index (χ0) is 17.1. The van der Waals surface area contributed by atoms with E-state index >= 15 is 0 Å². The van der Waals surface area contributed by atoms with Gasteiger partial charge in [0.2, 0.25) is 0 Å². The number of nitrogens with zero attached hydrogens (tertiary/aromatic N) is 1. The van der Waals surface area contributed by atoms with E-state index in [0.29, 0.717) is 33.6 Å². The van der Waals surface area contributed by atoms with E-state index < -0.39 is 6.03 Å². The molecule has 7 nitrogen and oxygen atoms in total. The number of benzene rings is 1. The van der Waals surface area contributed by atoms with E-state index in [4.69, 9.17) is 9.47 Å². The molecule has 1 heterocycles. The van der Waals surface area contributed by atoms with Crippen LogP contribution >= 0.6 is 11.3 Å². The minimum absolute atomic E-state index is 0.0963. The van der Waals surface area contributed by atoms with Crippen LogP contribution in [0.15, 0.2) is 18.2 Å². The molecule has 8 heteroatoms. The van der Waals surface area contributed by atoms with Crippen LogP contribution in [-0.4, -0.2) is 31.0 Å². The molecule has 1 aliphatic rings. The Kier molecular flexibility index (Phi) is 4.66. The first kappa shape index (κ1) is 16.3. The van der Waals surface area contributed by atoms with Gasteiger partial charge in [0, 0.05) is 12.5 Å². The molecule has 3 rings (SSSR count). The van der Waals surface area contributed by atoms with E-state index in [1.165, 1.54) is 18.4 Å². The van der Waals surface area contributed by atoms with Gasteiger partial charge in [0.15, 0.2) is 10.9 Å². The number of rotatable bonds is 4. The molecule has 2 aromatic rings. The van der Waals surface area contributed by atoms with Crippen molar-refractivity contribution in [2.75, 3.05) is 24.9 Å². The van der Waals surface area contributed by atoms with Crippen LogP contribution in [-0.2, 0) is 6.42 Å². The summed E-state index contributed by atoms with van der Waals surface area (Å²) in [5.74, 6) is 1.21. The van der Waals surface area contributed by atoms with Crippen LogP contribution in [0.4, 0.5) is 15.6 Å². The van der Waals surface area contributed by atoms with Crippen LogP contribution < -0.4 is 20.1 Å². The Morgan fingerprint density at radius 3 is 2.75 bits per heavy atom. The predicted molar refractivity (Wildman–Crippen MR) is 91.6 cm³/mol. The highest BCUT2D eigenvalue weighted by Gasteiger charge is 2.22. The predicted octanol–water partition coefficient (Wildman–Crippen LogP) is 3.32. The van der Waals surface area contributed by atoms with Gasteiger partial charge < -0.3 is 14.8 Å². The Hall–Kier alpha value is -2.61. The van der Waals surface area contributed by atoms with Gasteiger partial charge in [-0.1, -0.05) is 11.3 Å². The van der Waals surface area contributed by atoms with E-state index in [2.05, 4.69) is 15.6 Å². The number of hydrogen-bond donors (Lipinski definition) is 2. The second-order valence-corrected chi connectivity index (χ2v) is 6.22. The maximum absolute atomic E-state index is 12.2. The monoisotopic (exact) mass is 347 g/mol. The van der Waals surface area contributed by atoms with Crippen molar-refractivity contribution in [2.24, 2.45) is 0 Å². The van der Waals surface area contributed by atoms with Crippen LogP contribution in [0.5, 0.6) is 11.5 Å². The summed E-state index contributed by atoms with van der Waals surface area (Å²) in [7, 11) is 3.07. The Bertz CT molecular complexity index is 788.